The predicted molar refractivity (Wildman–Crippen MR) is 93.1 cm³/mol. The standard InChI is InChI=1S/C19H18FN3O/c1-2-11-23(12-14-7-3-5-9-16(14)20)13-18-21-17-10-6-4-8-15(17)19(24)22-18/h2-10H,1,11-13H2,(H,21,22,24). The fraction of sp³-hybridized carbons (Fsp3) is 0.158. The molecule has 0 atom stereocenters. The fourth-order valence-electron chi connectivity index (χ4n) is 2.66. The molecule has 5 heteroatoms. The average molecular weight is 323 g/mol. The van der Waals surface area contributed by atoms with E-state index in [9.17, 15) is 9.18 Å². The Hall–Kier alpha value is -2.79. The highest BCUT2D eigenvalue weighted by atomic mass is 19.1. The number of rotatable bonds is 6. The number of nitrogens with zero attached hydrogens (tertiary/aromatic N) is 2. The van der Waals surface area contributed by atoms with Gasteiger partial charge in [-0.3, -0.25) is 9.69 Å². The van der Waals surface area contributed by atoms with Gasteiger partial charge in [0, 0.05) is 18.7 Å². The molecule has 0 spiro atoms. The van der Waals surface area contributed by atoms with Crippen molar-refractivity contribution in [1.29, 1.82) is 0 Å². The molecule has 24 heavy (non-hydrogen) atoms. The summed E-state index contributed by atoms with van der Waals surface area (Å²) in [4.78, 5) is 21.4. The van der Waals surface area contributed by atoms with Crippen LogP contribution in [0.25, 0.3) is 10.9 Å². The van der Waals surface area contributed by atoms with E-state index in [1.165, 1.54) is 6.07 Å². The maximum Gasteiger partial charge on any atom is 0.258 e. The van der Waals surface area contributed by atoms with E-state index in [4.69, 9.17) is 0 Å². The molecule has 0 fully saturated rings. The summed E-state index contributed by atoms with van der Waals surface area (Å²) >= 11 is 0. The summed E-state index contributed by atoms with van der Waals surface area (Å²) < 4.78 is 13.9. The molecule has 0 bridgehead atoms. The third-order valence-corrected chi connectivity index (χ3v) is 3.77. The first-order valence-electron chi connectivity index (χ1n) is 7.72. The van der Waals surface area contributed by atoms with Crippen molar-refractivity contribution < 1.29 is 4.39 Å². The van der Waals surface area contributed by atoms with E-state index >= 15 is 0 Å². The lowest BCUT2D eigenvalue weighted by Crippen LogP contribution is -2.26. The van der Waals surface area contributed by atoms with Gasteiger partial charge in [-0.2, -0.15) is 0 Å². The van der Waals surface area contributed by atoms with Gasteiger partial charge in [-0.15, -0.1) is 6.58 Å². The number of halogens is 1. The molecule has 0 aliphatic carbocycles. The van der Waals surface area contributed by atoms with E-state index < -0.39 is 0 Å². The van der Waals surface area contributed by atoms with E-state index in [-0.39, 0.29) is 11.4 Å². The Balaban J connectivity index is 1.87. The second-order valence-electron chi connectivity index (χ2n) is 5.58. The number of hydrogen-bond acceptors (Lipinski definition) is 3. The monoisotopic (exact) mass is 323 g/mol. The van der Waals surface area contributed by atoms with Crippen LogP contribution < -0.4 is 5.56 Å². The maximum atomic E-state index is 13.9. The lowest BCUT2D eigenvalue weighted by Gasteiger charge is -2.20. The van der Waals surface area contributed by atoms with Crippen LogP contribution in [0.3, 0.4) is 0 Å². The van der Waals surface area contributed by atoms with Gasteiger partial charge in [0.15, 0.2) is 0 Å². The third-order valence-electron chi connectivity index (χ3n) is 3.77. The minimum atomic E-state index is -0.244. The summed E-state index contributed by atoms with van der Waals surface area (Å²) in [5, 5.41) is 0.561. The molecule has 3 aromatic rings. The predicted octanol–water partition coefficient (Wildman–Crippen LogP) is 3.25. The van der Waals surface area contributed by atoms with E-state index in [2.05, 4.69) is 16.5 Å². The van der Waals surface area contributed by atoms with Gasteiger partial charge in [-0.05, 0) is 18.2 Å². The van der Waals surface area contributed by atoms with Gasteiger partial charge in [0.25, 0.3) is 5.56 Å². The number of aromatic amines is 1. The summed E-state index contributed by atoms with van der Waals surface area (Å²) in [5.41, 5.74) is 1.09. The van der Waals surface area contributed by atoms with E-state index in [1.807, 2.05) is 17.0 Å². The molecular formula is C19H18FN3O. The van der Waals surface area contributed by atoms with Crippen LogP contribution >= 0.6 is 0 Å². The van der Waals surface area contributed by atoms with Crippen LogP contribution in [-0.4, -0.2) is 21.4 Å². The van der Waals surface area contributed by atoms with Gasteiger partial charge in [0.05, 0.1) is 17.4 Å². The summed E-state index contributed by atoms with van der Waals surface area (Å²) in [6, 6.07) is 13.9. The number of para-hydroxylation sites is 1. The Morgan fingerprint density at radius 3 is 2.67 bits per heavy atom. The highest BCUT2D eigenvalue weighted by molar-refractivity contribution is 5.77. The SMILES string of the molecule is C=CCN(Cc1nc2ccccc2c(=O)[nH]1)Cc1ccccc1F. The van der Waals surface area contributed by atoms with Crippen LogP contribution in [0, 0.1) is 5.82 Å². The van der Waals surface area contributed by atoms with Crippen LogP contribution in [0.2, 0.25) is 0 Å². The van der Waals surface area contributed by atoms with Gasteiger partial charge >= 0.3 is 0 Å². The molecule has 0 saturated carbocycles. The Morgan fingerprint density at radius 2 is 1.88 bits per heavy atom. The van der Waals surface area contributed by atoms with Crippen molar-refractivity contribution in [2.24, 2.45) is 0 Å². The molecule has 2 aromatic carbocycles. The number of aromatic nitrogens is 2. The summed E-state index contributed by atoms with van der Waals surface area (Å²) in [6.07, 6.45) is 1.75. The largest absolute Gasteiger partial charge is 0.309 e. The zero-order valence-corrected chi connectivity index (χ0v) is 13.2. The molecule has 0 amide bonds. The molecule has 0 aliphatic heterocycles. The van der Waals surface area contributed by atoms with Crippen molar-refractivity contribution in [2.45, 2.75) is 13.1 Å². The lowest BCUT2D eigenvalue weighted by atomic mass is 10.2. The minimum Gasteiger partial charge on any atom is -0.309 e. The van der Waals surface area contributed by atoms with Crippen molar-refractivity contribution in [2.75, 3.05) is 6.54 Å². The number of fused-ring (bicyclic) bond motifs is 1. The Labute approximate surface area is 139 Å². The molecule has 0 aliphatic rings. The molecule has 0 unspecified atom stereocenters. The van der Waals surface area contributed by atoms with Gasteiger partial charge in [-0.25, -0.2) is 9.37 Å². The van der Waals surface area contributed by atoms with Crippen LogP contribution in [-0.2, 0) is 13.1 Å². The number of H-pyrrole nitrogens is 1. The van der Waals surface area contributed by atoms with Crippen LogP contribution in [0.15, 0.2) is 66.0 Å². The Morgan fingerprint density at radius 1 is 1.12 bits per heavy atom. The molecule has 0 saturated heterocycles. The van der Waals surface area contributed by atoms with Gasteiger partial charge in [-0.1, -0.05) is 36.4 Å². The van der Waals surface area contributed by atoms with Crippen LogP contribution in [0.5, 0.6) is 0 Å². The molecular weight excluding hydrogens is 305 g/mol. The number of hydrogen-bond donors (Lipinski definition) is 1. The minimum absolute atomic E-state index is 0.167. The average Bonchev–Trinajstić information content (AvgIpc) is 2.57. The van der Waals surface area contributed by atoms with Crippen molar-refractivity contribution in [3.05, 3.63) is 88.7 Å². The zero-order valence-electron chi connectivity index (χ0n) is 13.2. The number of nitrogens with one attached hydrogen (secondary N) is 1. The topological polar surface area (TPSA) is 49.0 Å². The molecule has 4 nitrogen and oxygen atoms in total. The second kappa shape index (κ2) is 7.19. The molecule has 1 heterocycles. The van der Waals surface area contributed by atoms with Crippen molar-refractivity contribution in [3.63, 3.8) is 0 Å². The van der Waals surface area contributed by atoms with Crippen molar-refractivity contribution in [1.82, 2.24) is 14.9 Å². The van der Waals surface area contributed by atoms with E-state index in [0.717, 1.165) is 0 Å². The Kier molecular flexibility index (Phi) is 4.82. The first-order valence-corrected chi connectivity index (χ1v) is 7.72. The smallest absolute Gasteiger partial charge is 0.258 e. The summed E-state index contributed by atoms with van der Waals surface area (Å²) in [7, 11) is 0. The van der Waals surface area contributed by atoms with Gasteiger partial charge < -0.3 is 4.98 Å². The molecule has 122 valence electrons. The first-order chi connectivity index (χ1) is 11.7. The second-order valence-corrected chi connectivity index (χ2v) is 5.58. The summed E-state index contributed by atoms with van der Waals surface area (Å²) in [6.45, 7) is 5.12. The summed E-state index contributed by atoms with van der Waals surface area (Å²) in [5.74, 6) is 0.309. The maximum absolute atomic E-state index is 13.9. The lowest BCUT2D eigenvalue weighted by molar-refractivity contribution is 0.274. The fourth-order valence-corrected chi connectivity index (χ4v) is 2.66. The van der Waals surface area contributed by atoms with E-state index in [0.29, 0.717) is 41.9 Å². The quantitative estimate of drug-likeness (QED) is 0.709. The van der Waals surface area contributed by atoms with E-state index in [1.54, 1.807) is 36.4 Å². The van der Waals surface area contributed by atoms with Crippen molar-refractivity contribution in [3.8, 4) is 0 Å². The highest BCUT2D eigenvalue weighted by Crippen LogP contribution is 2.12. The van der Waals surface area contributed by atoms with Crippen molar-refractivity contribution >= 4 is 10.9 Å². The van der Waals surface area contributed by atoms with Crippen LogP contribution in [0.4, 0.5) is 4.39 Å². The third kappa shape index (κ3) is 3.58. The zero-order chi connectivity index (χ0) is 16.9. The van der Waals surface area contributed by atoms with Gasteiger partial charge in [0.1, 0.15) is 11.6 Å². The van der Waals surface area contributed by atoms with Gasteiger partial charge in [0.2, 0.25) is 0 Å². The highest BCUT2D eigenvalue weighted by Gasteiger charge is 2.11. The number of benzene rings is 2. The molecule has 3 rings (SSSR count). The Bertz CT molecular complexity index is 920. The molecule has 1 aromatic heterocycles. The normalized spacial score (nSPS) is 11.1. The molecule has 1 N–H and O–H groups in total. The first kappa shape index (κ1) is 16.1. The molecule has 0 radical (unpaired) electrons. The van der Waals surface area contributed by atoms with Crippen LogP contribution in [0.1, 0.15) is 11.4 Å².